The van der Waals surface area contributed by atoms with Crippen molar-refractivity contribution >= 4 is 58.2 Å². The summed E-state index contributed by atoms with van der Waals surface area (Å²) in [6.07, 6.45) is 2.25. The van der Waals surface area contributed by atoms with Gasteiger partial charge in [-0.3, -0.25) is 19.7 Å². The first-order valence-electron chi connectivity index (χ1n) is 11.6. The second-order valence-electron chi connectivity index (χ2n) is 8.63. The lowest BCUT2D eigenvalue weighted by Crippen LogP contribution is -2.32. The fourth-order valence-electron chi connectivity index (χ4n) is 3.59. The zero-order chi connectivity index (χ0) is 27.8. The van der Waals surface area contributed by atoms with E-state index in [0.717, 1.165) is 11.8 Å². The van der Waals surface area contributed by atoms with Gasteiger partial charge in [0.25, 0.3) is 11.6 Å². The molecular weight excluding hydrogens is 551 g/mol. The SMILES string of the molecule is C=CCn1c(SCC(=O)Nc2cc([N+](=O)[O-])ccc2Cl)nnc1[C@@H](CC(C)C)NC(=O)c1ccccc1Cl. The van der Waals surface area contributed by atoms with Crippen LogP contribution in [0, 0.1) is 16.0 Å². The third kappa shape index (κ3) is 7.56. The summed E-state index contributed by atoms with van der Waals surface area (Å²) in [5.41, 5.74) is 0.297. The smallest absolute Gasteiger partial charge is 0.271 e. The highest BCUT2D eigenvalue weighted by Crippen LogP contribution is 2.29. The molecule has 0 aliphatic heterocycles. The molecule has 10 nitrogen and oxygen atoms in total. The van der Waals surface area contributed by atoms with Crippen LogP contribution in [0.25, 0.3) is 0 Å². The van der Waals surface area contributed by atoms with Crippen molar-refractivity contribution in [3.63, 3.8) is 0 Å². The molecule has 38 heavy (non-hydrogen) atoms. The predicted molar refractivity (Wildman–Crippen MR) is 149 cm³/mol. The van der Waals surface area contributed by atoms with E-state index < -0.39 is 16.9 Å². The summed E-state index contributed by atoms with van der Waals surface area (Å²) in [7, 11) is 0. The minimum absolute atomic E-state index is 0.0604. The normalized spacial score (nSPS) is 11.7. The van der Waals surface area contributed by atoms with Crippen LogP contribution in [0.2, 0.25) is 10.0 Å². The molecule has 3 rings (SSSR count). The van der Waals surface area contributed by atoms with Crippen molar-refractivity contribution in [3.8, 4) is 0 Å². The standard InChI is InChI=1S/C25H26Cl2N6O4S/c1-4-11-32-23(21(12-15(2)3)29-24(35)17-7-5-6-8-18(17)26)30-31-25(32)38-14-22(34)28-20-13-16(33(36)37)9-10-19(20)27/h4-10,13,15,21H,1,11-12,14H2,2-3H3,(H,28,34)(H,29,35)/t21-/m1/s1. The number of hydrogen-bond donors (Lipinski definition) is 2. The van der Waals surface area contributed by atoms with Crippen LogP contribution in [-0.4, -0.2) is 37.3 Å². The summed E-state index contributed by atoms with van der Waals surface area (Å²) in [6, 6.07) is 10.1. The first-order chi connectivity index (χ1) is 18.1. The molecule has 0 unspecified atom stereocenters. The maximum absolute atomic E-state index is 13.0. The molecule has 0 saturated heterocycles. The molecule has 0 aliphatic carbocycles. The van der Waals surface area contributed by atoms with Gasteiger partial charge in [-0.15, -0.1) is 16.8 Å². The molecule has 0 spiro atoms. The van der Waals surface area contributed by atoms with Crippen LogP contribution in [0.15, 0.2) is 60.3 Å². The van der Waals surface area contributed by atoms with Crippen molar-refractivity contribution in [1.82, 2.24) is 20.1 Å². The van der Waals surface area contributed by atoms with Gasteiger partial charge in [-0.2, -0.15) is 0 Å². The van der Waals surface area contributed by atoms with E-state index in [-0.39, 0.29) is 34.0 Å². The first kappa shape index (κ1) is 29.2. The lowest BCUT2D eigenvalue weighted by atomic mass is 10.0. The fourth-order valence-corrected chi connectivity index (χ4v) is 4.73. The lowest BCUT2D eigenvalue weighted by molar-refractivity contribution is -0.384. The number of hydrogen-bond acceptors (Lipinski definition) is 7. The van der Waals surface area contributed by atoms with Gasteiger partial charge in [0.05, 0.1) is 38.0 Å². The van der Waals surface area contributed by atoms with Crippen molar-refractivity contribution < 1.29 is 14.5 Å². The largest absolute Gasteiger partial charge is 0.342 e. The van der Waals surface area contributed by atoms with Crippen LogP contribution in [0.1, 0.15) is 42.5 Å². The Morgan fingerprint density at radius 1 is 1.18 bits per heavy atom. The number of non-ortho nitro benzene ring substituents is 1. The summed E-state index contributed by atoms with van der Waals surface area (Å²) < 4.78 is 1.78. The van der Waals surface area contributed by atoms with Gasteiger partial charge < -0.3 is 15.2 Å². The van der Waals surface area contributed by atoms with Gasteiger partial charge in [0.2, 0.25) is 5.91 Å². The quantitative estimate of drug-likeness (QED) is 0.118. The summed E-state index contributed by atoms with van der Waals surface area (Å²) >= 11 is 13.4. The average Bonchev–Trinajstić information content (AvgIpc) is 3.26. The minimum Gasteiger partial charge on any atom is -0.342 e. The highest BCUT2D eigenvalue weighted by atomic mass is 35.5. The van der Waals surface area contributed by atoms with E-state index in [4.69, 9.17) is 23.2 Å². The van der Waals surface area contributed by atoms with E-state index in [1.54, 1.807) is 34.9 Å². The topological polar surface area (TPSA) is 132 Å². The van der Waals surface area contributed by atoms with Crippen molar-refractivity contribution in [2.24, 2.45) is 5.92 Å². The molecule has 1 atom stereocenters. The zero-order valence-corrected chi connectivity index (χ0v) is 23.0. The lowest BCUT2D eigenvalue weighted by Gasteiger charge is -2.21. The fraction of sp³-hybridized carbons (Fsp3) is 0.280. The van der Waals surface area contributed by atoms with Crippen molar-refractivity contribution in [2.45, 2.75) is 38.0 Å². The second kappa shape index (κ2) is 13.4. The number of rotatable bonds is 12. The van der Waals surface area contributed by atoms with Crippen LogP contribution in [0.5, 0.6) is 0 Å². The Balaban J connectivity index is 1.79. The van der Waals surface area contributed by atoms with Gasteiger partial charge in [0, 0.05) is 18.7 Å². The van der Waals surface area contributed by atoms with E-state index >= 15 is 0 Å². The molecule has 1 aromatic heterocycles. The molecule has 200 valence electrons. The summed E-state index contributed by atoms with van der Waals surface area (Å²) in [5, 5.41) is 26.2. The van der Waals surface area contributed by atoms with E-state index in [1.807, 2.05) is 13.8 Å². The van der Waals surface area contributed by atoms with Gasteiger partial charge in [-0.05, 0) is 30.5 Å². The number of benzene rings is 2. The highest BCUT2D eigenvalue weighted by molar-refractivity contribution is 7.99. The molecule has 2 aromatic carbocycles. The van der Waals surface area contributed by atoms with Crippen LogP contribution < -0.4 is 10.6 Å². The molecule has 0 bridgehead atoms. The van der Waals surface area contributed by atoms with E-state index in [2.05, 4.69) is 27.4 Å². The van der Waals surface area contributed by atoms with Gasteiger partial charge >= 0.3 is 0 Å². The zero-order valence-electron chi connectivity index (χ0n) is 20.7. The van der Waals surface area contributed by atoms with Crippen LogP contribution in [0.3, 0.4) is 0 Å². The molecule has 13 heteroatoms. The van der Waals surface area contributed by atoms with E-state index in [1.165, 1.54) is 18.2 Å². The Morgan fingerprint density at radius 2 is 1.92 bits per heavy atom. The van der Waals surface area contributed by atoms with Crippen molar-refractivity contribution in [1.29, 1.82) is 0 Å². The molecule has 2 N–H and O–H groups in total. The monoisotopic (exact) mass is 576 g/mol. The number of nitro groups is 1. The molecule has 1 heterocycles. The average molecular weight is 577 g/mol. The summed E-state index contributed by atoms with van der Waals surface area (Å²) in [5.74, 6) is -0.0879. The number of aromatic nitrogens is 3. The molecule has 0 saturated carbocycles. The predicted octanol–water partition coefficient (Wildman–Crippen LogP) is 5.93. The van der Waals surface area contributed by atoms with Crippen molar-refractivity contribution in [3.05, 3.63) is 86.7 Å². The number of nitrogens with one attached hydrogen (secondary N) is 2. The number of halogens is 2. The maximum atomic E-state index is 13.0. The Kier molecular flexibility index (Phi) is 10.3. The number of amides is 2. The van der Waals surface area contributed by atoms with Crippen LogP contribution >= 0.6 is 35.0 Å². The Hall–Kier alpha value is -3.41. The molecular formula is C25H26Cl2N6O4S. The van der Waals surface area contributed by atoms with E-state index in [0.29, 0.717) is 34.5 Å². The van der Waals surface area contributed by atoms with Gasteiger partial charge in [0.15, 0.2) is 11.0 Å². The van der Waals surface area contributed by atoms with Crippen LogP contribution in [0.4, 0.5) is 11.4 Å². The van der Waals surface area contributed by atoms with Gasteiger partial charge in [-0.1, -0.05) is 67.0 Å². The van der Waals surface area contributed by atoms with E-state index in [9.17, 15) is 19.7 Å². The van der Waals surface area contributed by atoms with Crippen molar-refractivity contribution in [2.75, 3.05) is 11.1 Å². The molecule has 3 aromatic rings. The number of allylic oxidation sites excluding steroid dienone is 1. The number of nitro benzene ring substituents is 1. The Bertz CT molecular complexity index is 1350. The summed E-state index contributed by atoms with van der Waals surface area (Å²) in [6.45, 7) is 8.21. The molecule has 0 radical (unpaired) electrons. The van der Waals surface area contributed by atoms with Gasteiger partial charge in [-0.25, -0.2) is 0 Å². The number of nitrogens with zero attached hydrogens (tertiary/aromatic N) is 4. The van der Waals surface area contributed by atoms with Crippen LogP contribution in [-0.2, 0) is 11.3 Å². The minimum atomic E-state index is -0.571. The number of carbonyl (C=O) groups excluding carboxylic acids is 2. The number of thioether (sulfide) groups is 1. The third-order valence-electron chi connectivity index (χ3n) is 5.27. The Labute approximate surface area is 234 Å². The molecule has 0 aliphatic rings. The number of carbonyl (C=O) groups is 2. The molecule has 0 fully saturated rings. The second-order valence-corrected chi connectivity index (χ2v) is 10.4. The first-order valence-corrected chi connectivity index (χ1v) is 13.3. The third-order valence-corrected chi connectivity index (χ3v) is 6.89. The van der Waals surface area contributed by atoms with Gasteiger partial charge in [0.1, 0.15) is 0 Å². The number of anilines is 1. The maximum Gasteiger partial charge on any atom is 0.271 e. The Morgan fingerprint density at radius 3 is 2.58 bits per heavy atom. The molecule has 2 amide bonds. The highest BCUT2D eigenvalue weighted by Gasteiger charge is 2.25. The summed E-state index contributed by atoms with van der Waals surface area (Å²) in [4.78, 5) is 36.1.